The SMILES string of the molecule is COc1ccc(C=C(CCO)c2ccc(N(c3ccccc3)c3ccccc3)cc2)cc1. The lowest BCUT2D eigenvalue weighted by atomic mass is 9.99. The van der Waals surface area contributed by atoms with Gasteiger partial charge in [0, 0.05) is 23.7 Å². The van der Waals surface area contributed by atoms with Crippen LogP contribution in [0.2, 0.25) is 0 Å². The minimum atomic E-state index is 0.101. The van der Waals surface area contributed by atoms with Gasteiger partial charge in [-0.25, -0.2) is 0 Å². The molecule has 0 saturated heterocycles. The van der Waals surface area contributed by atoms with Crippen molar-refractivity contribution in [2.24, 2.45) is 0 Å². The maximum absolute atomic E-state index is 9.63. The summed E-state index contributed by atoms with van der Waals surface area (Å²) in [6.45, 7) is 0.101. The molecule has 0 aliphatic rings. The minimum absolute atomic E-state index is 0.101. The van der Waals surface area contributed by atoms with Crippen molar-refractivity contribution in [1.29, 1.82) is 0 Å². The van der Waals surface area contributed by atoms with Crippen LogP contribution < -0.4 is 9.64 Å². The van der Waals surface area contributed by atoms with E-state index in [1.165, 1.54) is 0 Å². The number of hydrogen-bond acceptors (Lipinski definition) is 3. The van der Waals surface area contributed by atoms with Crippen LogP contribution in [0.5, 0.6) is 5.75 Å². The lowest BCUT2D eigenvalue weighted by molar-refractivity contribution is 0.305. The highest BCUT2D eigenvalue weighted by Gasteiger charge is 2.12. The predicted molar refractivity (Wildman–Crippen MR) is 134 cm³/mol. The van der Waals surface area contributed by atoms with E-state index in [0.717, 1.165) is 39.5 Å². The first-order valence-electron chi connectivity index (χ1n) is 10.7. The third-order valence-electron chi connectivity index (χ3n) is 5.36. The molecule has 0 spiro atoms. The van der Waals surface area contributed by atoms with E-state index in [-0.39, 0.29) is 6.61 Å². The van der Waals surface area contributed by atoms with E-state index in [9.17, 15) is 5.11 Å². The third-order valence-corrected chi connectivity index (χ3v) is 5.36. The molecule has 4 aromatic rings. The van der Waals surface area contributed by atoms with Gasteiger partial charge in [0.15, 0.2) is 0 Å². The first-order chi connectivity index (χ1) is 15.8. The zero-order valence-electron chi connectivity index (χ0n) is 18.2. The van der Waals surface area contributed by atoms with Crippen molar-refractivity contribution >= 4 is 28.7 Å². The minimum Gasteiger partial charge on any atom is -0.497 e. The fourth-order valence-corrected chi connectivity index (χ4v) is 3.75. The molecule has 0 aliphatic carbocycles. The lowest BCUT2D eigenvalue weighted by Gasteiger charge is -2.25. The number of rotatable bonds is 8. The molecule has 0 atom stereocenters. The number of benzene rings is 4. The molecule has 4 rings (SSSR count). The molecule has 4 aromatic carbocycles. The van der Waals surface area contributed by atoms with Crippen molar-refractivity contribution in [2.75, 3.05) is 18.6 Å². The first-order valence-corrected chi connectivity index (χ1v) is 10.7. The van der Waals surface area contributed by atoms with E-state index < -0.39 is 0 Å². The van der Waals surface area contributed by atoms with Crippen LogP contribution in [0.25, 0.3) is 11.6 Å². The summed E-state index contributed by atoms with van der Waals surface area (Å²) >= 11 is 0. The maximum atomic E-state index is 9.63. The second kappa shape index (κ2) is 10.5. The number of methoxy groups -OCH3 is 1. The summed E-state index contributed by atoms with van der Waals surface area (Å²) in [6, 6.07) is 37.2. The molecule has 0 unspecified atom stereocenters. The van der Waals surface area contributed by atoms with Gasteiger partial charge in [-0.3, -0.25) is 0 Å². The number of nitrogens with zero attached hydrogens (tertiary/aromatic N) is 1. The highest BCUT2D eigenvalue weighted by Crippen LogP contribution is 2.35. The molecular formula is C29H27NO2. The number of hydrogen-bond donors (Lipinski definition) is 1. The van der Waals surface area contributed by atoms with Crippen LogP contribution in [-0.4, -0.2) is 18.8 Å². The Morgan fingerprint density at radius 2 is 1.25 bits per heavy atom. The Kier molecular flexibility index (Phi) is 7.01. The number of ether oxygens (including phenoxy) is 1. The molecule has 0 bridgehead atoms. The van der Waals surface area contributed by atoms with Crippen molar-refractivity contribution in [1.82, 2.24) is 0 Å². The molecule has 0 saturated carbocycles. The Bertz CT molecular complexity index is 1100. The van der Waals surface area contributed by atoms with Crippen molar-refractivity contribution in [3.63, 3.8) is 0 Å². The lowest BCUT2D eigenvalue weighted by Crippen LogP contribution is -2.09. The third kappa shape index (κ3) is 5.08. The van der Waals surface area contributed by atoms with Crippen LogP contribution in [0.4, 0.5) is 17.1 Å². The summed E-state index contributed by atoms with van der Waals surface area (Å²) in [7, 11) is 1.66. The number of aliphatic hydroxyl groups excluding tert-OH is 1. The molecule has 0 fully saturated rings. The summed E-state index contributed by atoms with van der Waals surface area (Å²) in [4.78, 5) is 2.24. The Morgan fingerprint density at radius 3 is 1.75 bits per heavy atom. The molecule has 0 aliphatic heterocycles. The topological polar surface area (TPSA) is 32.7 Å². The fraction of sp³-hybridized carbons (Fsp3) is 0.103. The highest BCUT2D eigenvalue weighted by molar-refractivity contribution is 5.83. The number of para-hydroxylation sites is 2. The smallest absolute Gasteiger partial charge is 0.118 e. The van der Waals surface area contributed by atoms with Gasteiger partial charge >= 0.3 is 0 Å². The van der Waals surface area contributed by atoms with Crippen molar-refractivity contribution in [2.45, 2.75) is 6.42 Å². The average molecular weight is 422 g/mol. The van der Waals surface area contributed by atoms with Gasteiger partial charge in [0.05, 0.1) is 7.11 Å². The molecule has 1 N–H and O–H groups in total. The zero-order valence-corrected chi connectivity index (χ0v) is 18.2. The van der Waals surface area contributed by atoms with E-state index in [1.807, 2.05) is 36.4 Å². The summed E-state index contributed by atoms with van der Waals surface area (Å²) < 4.78 is 5.25. The Morgan fingerprint density at radius 1 is 0.719 bits per heavy atom. The van der Waals surface area contributed by atoms with Gasteiger partial charge < -0.3 is 14.7 Å². The maximum Gasteiger partial charge on any atom is 0.118 e. The van der Waals surface area contributed by atoms with Crippen molar-refractivity contribution in [3.8, 4) is 5.75 Å². The van der Waals surface area contributed by atoms with Crippen LogP contribution in [0.1, 0.15) is 17.5 Å². The van der Waals surface area contributed by atoms with Gasteiger partial charge in [0.1, 0.15) is 5.75 Å². The summed E-state index contributed by atoms with van der Waals surface area (Å²) in [5.41, 5.74) is 6.56. The number of aliphatic hydroxyl groups is 1. The van der Waals surface area contributed by atoms with E-state index in [1.54, 1.807) is 7.11 Å². The van der Waals surface area contributed by atoms with Gasteiger partial charge in [-0.15, -0.1) is 0 Å². The second-order valence-electron chi connectivity index (χ2n) is 7.47. The van der Waals surface area contributed by atoms with E-state index in [0.29, 0.717) is 6.42 Å². The zero-order chi connectivity index (χ0) is 22.2. The van der Waals surface area contributed by atoms with E-state index in [2.05, 4.69) is 83.8 Å². The van der Waals surface area contributed by atoms with Gasteiger partial charge in [-0.1, -0.05) is 66.7 Å². The van der Waals surface area contributed by atoms with Gasteiger partial charge in [-0.05, 0) is 71.7 Å². The van der Waals surface area contributed by atoms with Crippen molar-refractivity contribution in [3.05, 3.63) is 120 Å². The van der Waals surface area contributed by atoms with Crippen LogP contribution in [-0.2, 0) is 0 Å². The molecule has 0 radical (unpaired) electrons. The molecule has 0 aromatic heterocycles. The highest BCUT2D eigenvalue weighted by atomic mass is 16.5. The van der Waals surface area contributed by atoms with Crippen LogP contribution in [0.15, 0.2) is 109 Å². The first kappa shape index (κ1) is 21.4. The van der Waals surface area contributed by atoms with Crippen LogP contribution >= 0.6 is 0 Å². The summed E-state index contributed by atoms with van der Waals surface area (Å²) in [5.74, 6) is 0.831. The Labute approximate surface area is 189 Å². The molecule has 0 heterocycles. The fourth-order valence-electron chi connectivity index (χ4n) is 3.75. The normalized spacial score (nSPS) is 11.2. The molecule has 3 nitrogen and oxygen atoms in total. The number of anilines is 3. The standard InChI is InChI=1S/C29H27NO2/c1-32-29-18-12-23(13-19-29)22-25(20-21-31)24-14-16-28(17-15-24)30(26-8-4-2-5-9-26)27-10-6-3-7-11-27/h2-19,22,31H,20-21H2,1H3. The molecule has 160 valence electrons. The van der Waals surface area contributed by atoms with Gasteiger partial charge in [0.25, 0.3) is 0 Å². The monoisotopic (exact) mass is 421 g/mol. The van der Waals surface area contributed by atoms with Crippen molar-refractivity contribution < 1.29 is 9.84 Å². The molecule has 32 heavy (non-hydrogen) atoms. The molecule has 3 heteroatoms. The van der Waals surface area contributed by atoms with E-state index >= 15 is 0 Å². The average Bonchev–Trinajstić information content (AvgIpc) is 2.86. The van der Waals surface area contributed by atoms with E-state index in [4.69, 9.17) is 4.74 Å². The Balaban J connectivity index is 1.68. The Hall–Kier alpha value is -3.82. The second-order valence-corrected chi connectivity index (χ2v) is 7.47. The van der Waals surface area contributed by atoms with Crippen LogP contribution in [0.3, 0.4) is 0 Å². The summed E-state index contributed by atoms with van der Waals surface area (Å²) in [5, 5.41) is 9.63. The largest absolute Gasteiger partial charge is 0.497 e. The molecule has 0 amide bonds. The predicted octanol–water partition coefficient (Wildman–Crippen LogP) is 7.09. The molecular weight excluding hydrogens is 394 g/mol. The van der Waals surface area contributed by atoms with Gasteiger partial charge in [-0.2, -0.15) is 0 Å². The van der Waals surface area contributed by atoms with Gasteiger partial charge in [0.2, 0.25) is 0 Å². The van der Waals surface area contributed by atoms with Crippen LogP contribution in [0, 0.1) is 0 Å². The quantitative estimate of drug-likeness (QED) is 0.308. The summed E-state index contributed by atoms with van der Waals surface area (Å²) in [6.07, 6.45) is 2.71.